The maximum Gasteiger partial charge on any atom is 0.161 e. The van der Waals surface area contributed by atoms with Gasteiger partial charge in [-0.3, -0.25) is 0 Å². The fourth-order valence-electron chi connectivity index (χ4n) is 1.65. The summed E-state index contributed by atoms with van der Waals surface area (Å²) in [6.07, 6.45) is 1.31. The Morgan fingerprint density at radius 2 is 2.12 bits per heavy atom. The Hall–Kier alpha value is -1.22. The van der Waals surface area contributed by atoms with Crippen molar-refractivity contribution in [1.29, 1.82) is 0 Å². The van der Waals surface area contributed by atoms with Gasteiger partial charge < -0.3 is 14.2 Å². The molecule has 1 aromatic rings. The molecule has 1 heterocycles. The molecule has 3 nitrogen and oxygen atoms in total. The van der Waals surface area contributed by atoms with Gasteiger partial charge in [-0.1, -0.05) is 19.9 Å². The third kappa shape index (κ3) is 3.37. The molecule has 1 fully saturated rings. The minimum absolute atomic E-state index is 0.258. The van der Waals surface area contributed by atoms with Gasteiger partial charge in [-0.25, -0.2) is 0 Å². The Morgan fingerprint density at radius 3 is 2.71 bits per heavy atom. The molecule has 0 N–H and O–H groups in total. The molecule has 1 saturated heterocycles. The van der Waals surface area contributed by atoms with Gasteiger partial charge in [0, 0.05) is 0 Å². The minimum atomic E-state index is 0.258. The number of hydrogen-bond donors (Lipinski definition) is 0. The summed E-state index contributed by atoms with van der Waals surface area (Å²) < 4.78 is 16.3. The smallest absolute Gasteiger partial charge is 0.161 e. The third-order valence-corrected chi connectivity index (χ3v) is 2.85. The van der Waals surface area contributed by atoms with E-state index in [0.29, 0.717) is 5.92 Å². The van der Waals surface area contributed by atoms with Crippen LogP contribution in [0.15, 0.2) is 18.2 Å². The van der Waals surface area contributed by atoms with E-state index in [1.807, 2.05) is 18.2 Å². The topological polar surface area (TPSA) is 31.0 Å². The summed E-state index contributed by atoms with van der Waals surface area (Å²) in [5.41, 5.74) is 1.16. The van der Waals surface area contributed by atoms with E-state index in [1.54, 1.807) is 7.11 Å². The summed E-state index contributed by atoms with van der Waals surface area (Å²) in [6.45, 7) is 5.92. The first-order valence-electron chi connectivity index (χ1n) is 6.13. The predicted octanol–water partition coefficient (Wildman–Crippen LogP) is 3.19. The van der Waals surface area contributed by atoms with Crippen LogP contribution < -0.4 is 9.47 Å². The number of benzene rings is 1. The van der Waals surface area contributed by atoms with Crippen molar-refractivity contribution < 1.29 is 14.2 Å². The van der Waals surface area contributed by atoms with Crippen LogP contribution in [-0.2, 0) is 4.74 Å². The lowest BCUT2D eigenvalue weighted by Crippen LogP contribution is -2.02. The van der Waals surface area contributed by atoms with Crippen molar-refractivity contribution >= 4 is 0 Å². The first kappa shape index (κ1) is 12.2. The van der Waals surface area contributed by atoms with Crippen LogP contribution in [0.1, 0.15) is 31.9 Å². The van der Waals surface area contributed by atoms with E-state index in [2.05, 4.69) is 13.8 Å². The average Bonchev–Trinajstić information content (AvgIpc) is 3.13. The largest absolute Gasteiger partial charge is 0.493 e. The molecule has 1 aromatic carbocycles. The second-order valence-electron chi connectivity index (χ2n) is 4.76. The minimum Gasteiger partial charge on any atom is -0.493 e. The summed E-state index contributed by atoms with van der Waals surface area (Å²) in [5, 5.41) is 0. The number of hydrogen-bond acceptors (Lipinski definition) is 3. The van der Waals surface area contributed by atoms with Gasteiger partial charge in [-0.2, -0.15) is 0 Å². The molecule has 3 heteroatoms. The van der Waals surface area contributed by atoms with Crippen molar-refractivity contribution in [2.45, 2.75) is 26.4 Å². The molecule has 0 radical (unpaired) electrons. The van der Waals surface area contributed by atoms with E-state index < -0.39 is 0 Å². The summed E-state index contributed by atoms with van der Waals surface area (Å²) in [6, 6.07) is 6.02. The quantitative estimate of drug-likeness (QED) is 0.711. The van der Waals surface area contributed by atoms with Crippen LogP contribution in [-0.4, -0.2) is 20.3 Å². The molecule has 1 aliphatic heterocycles. The van der Waals surface area contributed by atoms with E-state index in [0.717, 1.165) is 36.7 Å². The van der Waals surface area contributed by atoms with E-state index in [1.165, 1.54) is 0 Å². The monoisotopic (exact) mass is 236 g/mol. The van der Waals surface area contributed by atoms with Crippen molar-refractivity contribution in [3.8, 4) is 11.5 Å². The lowest BCUT2D eigenvalue weighted by Gasteiger charge is -2.12. The Morgan fingerprint density at radius 1 is 1.35 bits per heavy atom. The Balaban J connectivity index is 2.00. The highest BCUT2D eigenvalue weighted by Gasteiger charge is 2.25. The highest BCUT2D eigenvalue weighted by atomic mass is 16.6. The summed E-state index contributed by atoms with van der Waals surface area (Å²) in [5.74, 6) is 2.26. The highest BCUT2D eigenvalue weighted by molar-refractivity contribution is 5.44. The van der Waals surface area contributed by atoms with Crippen LogP contribution in [0.3, 0.4) is 0 Å². The van der Waals surface area contributed by atoms with Crippen molar-refractivity contribution in [3.63, 3.8) is 0 Å². The summed E-state index contributed by atoms with van der Waals surface area (Å²) in [4.78, 5) is 0. The Bertz CT molecular complexity index is 370. The lowest BCUT2D eigenvalue weighted by atomic mass is 10.1. The lowest BCUT2D eigenvalue weighted by molar-refractivity contribution is 0.272. The third-order valence-electron chi connectivity index (χ3n) is 2.85. The van der Waals surface area contributed by atoms with Crippen molar-refractivity contribution in [2.75, 3.05) is 20.3 Å². The van der Waals surface area contributed by atoms with Crippen LogP contribution in [0, 0.1) is 5.92 Å². The second-order valence-corrected chi connectivity index (χ2v) is 4.76. The van der Waals surface area contributed by atoms with Gasteiger partial charge in [0.2, 0.25) is 0 Å². The molecule has 1 atom stereocenters. The molecule has 94 valence electrons. The van der Waals surface area contributed by atoms with Gasteiger partial charge in [0.15, 0.2) is 11.5 Å². The van der Waals surface area contributed by atoms with E-state index in [-0.39, 0.29) is 6.10 Å². The maximum absolute atomic E-state index is 5.73. The summed E-state index contributed by atoms with van der Waals surface area (Å²) >= 11 is 0. The fraction of sp³-hybridized carbons (Fsp3) is 0.571. The van der Waals surface area contributed by atoms with Crippen molar-refractivity contribution in [2.24, 2.45) is 5.92 Å². The standard InChI is InChI=1S/C14H20O3/c1-10(2)6-7-16-12-5-4-11(14-9-17-14)8-13(12)15-3/h4-5,8,10,14H,6-7,9H2,1-3H3/t14-/m0/s1. The molecule has 0 bridgehead atoms. The van der Waals surface area contributed by atoms with Crippen LogP contribution >= 0.6 is 0 Å². The Kier molecular flexibility index (Phi) is 3.89. The zero-order chi connectivity index (χ0) is 12.3. The fourth-order valence-corrected chi connectivity index (χ4v) is 1.65. The molecule has 0 aliphatic carbocycles. The van der Waals surface area contributed by atoms with Crippen LogP contribution in [0.2, 0.25) is 0 Å². The van der Waals surface area contributed by atoms with Gasteiger partial charge >= 0.3 is 0 Å². The van der Waals surface area contributed by atoms with Crippen LogP contribution in [0.5, 0.6) is 11.5 Å². The highest BCUT2D eigenvalue weighted by Crippen LogP contribution is 2.36. The zero-order valence-electron chi connectivity index (χ0n) is 10.7. The molecule has 0 amide bonds. The van der Waals surface area contributed by atoms with Crippen molar-refractivity contribution in [1.82, 2.24) is 0 Å². The summed E-state index contributed by atoms with van der Waals surface area (Å²) in [7, 11) is 1.67. The zero-order valence-corrected chi connectivity index (χ0v) is 10.7. The molecule has 17 heavy (non-hydrogen) atoms. The molecular weight excluding hydrogens is 216 g/mol. The van der Waals surface area contributed by atoms with E-state index in [4.69, 9.17) is 14.2 Å². The van der Waals surface area contributed by atoms with Gasteiger partial charge in [0.25, 0.3) is 0 Å². The molecular formula is C14H20O3. The maximum atomic E-state index is 5.73. The molecule has 0 unspecified atom stereocenters. The molecule has 0 saturated carbocycles. The van der Waals surface area contributed by atoms with Crippen LogP contribution in [0.4, 0.5) is 0 Å². The molecule has 1 aliphatic rings. The van der Waals surface area contributed by atoms with Gasteiger partial charge in [-0.15, -0.1) is 0 Å². The van der Waals surface area contributed by atoms with Gasteiger partial charge in [-0.05, 0) is 30.0 Å². The average molecular weight is 236 g/mol. The first-order valence-corrected chi connectivity index (χ1v) is 6.13. The normalized spacial score (nSPS) is 18.2. The van der Waals surface area contributed by atoms with Gasteiger partial charge in [0.1, 0.15) is 6.10 Å². The van der Waals surface area contributed by atoms with Crippen LogP contribution in [0.25, 0.3) is 0 Å². The first-order chi connectivity index (χ1) is 8.20. The number of rotatable bonds is 6. The second kappa shape index (κ2) is 5.41. The number of ether oxygens (including phenoxy) is 3. The molecule has 0 spiro atoms. The van der Waals surface area contributed by atoms with E-state index in [9.17, 15) is 0 Å². The van der Waals surface area contributed by atoms with E-state index >= 15 is 0 Å². The SMILES string of the molecule is COc1cc([C@@H]2CO2)ccc1OCCC(C)C. The Labute approximate surface area is 103 Å². The molecule has 0 aromatic heterocycles. The molecule has 2 rings (SSSR count). The van der Waals surface area contributed by atoms with Gasteiger partial charge in [0.05, 0.1) is 20.3 Å². The van der Waals surface area contributed by atoms with Crippen molar-refractivity contribution in [3.05, 3.63) is 23.8 Å². The number of methoxy groups -OCH3 is 1. The number of epoxide rings is 1. The predicted molar refractivity (Wildman–Crippen MR) is 66.6 cm³/mol.